The zero-order valence-corrected chi connectivity index (χ0v) is 11.5. The van der Waals surface area contributed by atoms with E-state index in [9.17, 15) is 0 Å². The average Bonchev–Trinajstić information content (AvgIpc) is 3.02. The second-order valence-electron chi connectivity index (χ2n) is 6.83. The summed E-state index contributed by atoms with van der Waals surface area (Å²) in [6.07, 6.45) is 8.84. The smallest absolute Gasteiger partial charge is 0.0195 e. The van der Waals surface area contributed by atoms with Crippen LogP contribution in [0.3, 0.4) is 0 Å². The maximum atomic E-state index is 3.67. The number of hydrogen-bond donors (Lipinski definition) is 1. The molecule has 0 aromatic carbocycles. The normalized spacial score (nSPS) is 40.9. The average molecular weight is 236 g/mol. The van der Waals surface area contributed by atoms with Crippen molar-refractivity contribution < 1.29 is 0 Å². The van der Waals surface area contributed by atoms with Gasteiger partial charge >= 0.3 is 0 Å². The van der Waals surface area contributed by atoms with Crippen molar-refractivity contribution in [2.24, 2.45) is 11.8 Å². The maximum Gasteiger partial charge on any atom is 0.0195 e. The Labute approximate surface area is 106 Å². The van der Waals surface area contributed by atoms with Crippen LogP contribution in [0, 0.1) is 11.8 Å². The van der Waals surface area contributed by atoms with E-state index in [0.717, 1.165) is 30.0 Å². The lowest BCUT2D eigenvalue weighted by Crippen LogP contribution is -2.48. The summed E-state index contributed by atoms with van der Waals surface area (Å²) < 4.78 is 0. The molecule has 2 heteroatoms. The van der Waals surface area contributed by atoms with Gasteiger partial charge in [0.25, 0.3) is 0 Å². The molecule has 17 heavy (non-hydrogen) atoms. The Morgan fingerprint density at radius 1 is 1.18 bits per heavy atom. The number of hydrogen-bond acceptors (Lipinski definition) is 2. The molecular formula is C15H28N2. The number of nitrogens with one attached hydrogen (secondary N) is 1. The largest absolute Gasteiger partial charge is 0.313 e. The maximum absolute atomic E-state index is 3.67. The summed E-state index contributed by atoms with van der Waals surface area (Å²) in [6.45, 7) is 7.32. The molecule has 2 nitrogen and oxygen atoms in total. The molecule has 3 aliphatic rings. The van der Waals surface area contributed by atoms with Gasteiger partial charge in [-0.3, -0.25) is 4.90 Å². The molecule has 0 aromatic rings. The van der Waals surface area contributed by atoms with E-state index in [-0.39, 0.29) is 0 Å². The third-order valence-corrected chi connectivity index (χ3v) is 5.38. The summed E-state index contributed by atoms with van der Waals surface area (Å²) >= 11 is 0. The predicted molar refractivity (Wildman–Crippen MR) is 72.1 cm³/mol. The fourth-order valence-corrected chi connectivity index (χ4v) is 4.51. The second-order valence-corrected chi connectivity index (χ2v) is 6.83. The molecule has 1 heterocycles. The molecule has 4 unspecified atom stereocenters. The summed E-state index contributed by atoms with van der Waals surface area (Å²) in [5.74, 6) is 2.10. The number of rotatable bonds is 4. The van der Waals surface area contributed by atoms with Crippen molar-refractivity contribution in [1.29, 1.82) is 0 Å². The van der Waals surface area contributed by atoms with Crippen molar-refractivity contribution in [3.05, 3.63) is 0 Å². The Balaban J connectivity index is 1.63. The van der Waals surface area contributed by atoms with E-state index >= 15 is 0 Å². The van der Waals surface area contributed by atoms with Crippen LogP contribution < -0.4 is 5.32 Å². The van der Waals surface area contributed by atoms with Crippen LogP contribution in [-0.2, 0) is 0 Å². The molecule has 0 amide bonds. The van der Waals surface area contributed by atoms with Crippen molar-refractivity contribution in [3.63, 3.8) is 0 Å². The second kappa shape index (κ2) is 4.89. The van der Waals surface area contributed by atoms with Gasteiger partial charge in [-0.15, -0.1) is 0 Å². The van der Waals surface area contributed by atoms with Crippen LogP contribution in [0.1, 0.15) is 52.4 Å². The summed E-state index contributed by atoms with van der Waals surface area (Å²) in [6, 6.07) is 2.41. The first kappa shape index (κ1) is 12.0. The van der Waals surface area contributed by atoms with Crippen LogP contribution >= 0.6 is 0 Å². The first-order valence-corrected chi connectivity index (χ1v) is 7.73. The van der Waals surface area contributed by atoms with E-state index in [2.05, 4.69) is 24.1 Å². The summed E-state index contributed by atoms with van der Waals surface area (Å²) in [5, 5.41) is 3.67. The van der Waals surface area contributed by atoms with Crippen LogP contribution in [0.25, 0.3) is 0 Å². The molecule has 0 radical (unpaired) electrons. The van der Waals surface area contributed by atoms with Crippen LogP contribution in [0.5, 0.6) is 0 Å². The Morgan fingerprint density at radius 3 is 2.59 bits per heavy atom. The van der Waals surface area contributed by atoms with Gasteiger partial charge in [0, 0.05) is 24.7 Å². The highest BCUT2D eigenvalue weighted by Crippen LogP contribution is 2.47. The van der Waals surface area contributed by atoms with Crippen LogP contribution in [0.15, 0.2) is 0 Å². The van der Waals surface area contributed by atoms with Crippen LogP contribution in [0.4, 0.5) is 0 Å². The molecule has 2 saturated carbocycles. The zero-order valence-electron chi connectivity index (χ0n) is 11.5. The van der Waals surface area contributed by atoms with Gasteiger partial charge in [-0.25, -0.2) is 0 Å². The lowest BCUT2D eigenvalue weighted by molar-refractivity contribution is 0.0983. The first-order valence-electron chi connectivity index (χ1n) is 7.73. The lowest BCUT2D eigenvalue weighted by Gasteiger charge is -2.39. The molecule has 1 aliphatic heterocycles. The first-order chi connectivity index (χ1) is 8.24. The third kappa shape index (κ3) is 2.39. The third-order valence-electron chi connectivity index (χ3n) is 5.38. The van der Waals surface area contributed by atoms with Crippen molar-refractivity contribution in [1.82, 2.24) is 10.2 Å². The minimum atomic E-state index is 0.724. The SMILES string of the molecule is CC(C)N(CC1CCCN1)C1CC2CCC1C2. The quantitative estimate of drug-likeness (QED) is 0.807. The molecule has 3 fully saturated rings. The minimum Gasteiger partial charge on any atom is -0.313 e. The molecule has 2 aliphatic carbocycles. The Morgan fingerprint density at radius 2 is 2.06 bits per heavy atom. The minimum absolute atomic E-state index is 0.724. The molecule has 4 atom stereocenters. The van der Waals surface area contributed by atoms with Crippen molar-refractivity contribution in [2.45, 2.75) is 70.5 Å². The van der Waals surface area contributed by atoms with E-state index in [4.69, 9.17) is 0 Å². The molecule has 0 spiro atoms. The molecule has 2 bridgehead atoms. The van der Waals surface area contributed by atoms with E-state index in [0.29, 0.717) is 0 Å². The van der Waals surface area contributed by atoms with Crippen molar-refractivity contribution >= 4 is 0 Å². The highest BCUT2D eigenvalue weighted by molar-refractivity contribution is 4.97. The molecule has 1 saturated heterocycles. The van der Waals surface area contributed by atoms with Crippen LogP contribution in [-0.4, -0.2) is 36.1 Å². The van der Waals surface area contributed by atoms with Gasteiger partial charge in [0.05, 0.1) is 0 Å². The highest BCUT2D eigenvalue weighted by atomic mass is 15.2. The van der Waals surface area contributed by atoms with Gasteiger partial charge in [0.2, 0.25) is 0 Å². The van der Waals surface area contributed by atoms with Gasteiger partial charge in [0.1, 0.15) is 0 Å². The van der Waals surface area contributed by atoms with E-state index in [1.807, 2.05) is 0 Å². The summed E-state index contributed by atoms with van der Waals surface area (Å²) in [4.78, 5) is 2.83. The molecule has 3 rings (SSSR count). The van der Waals surface area contributed by atoms with Gasteiger partial charge in [-0.1, -0.05) is 6.42 Å². The molecule has 0 aromatic heterocycles. The molecule has 1 N–H and O–H groups in total. The standard InChI is InChI=1S/C15H28N2/c1-11(2)17(10-14-4-3-7-16-14)15-9-12-5-6-13(15)8-12/h11-16H,3-10H2,1-2H3. The van der Waals surface area contributed by atoms with Gasteiger partial charge in [0.15, 0.2) is 0 Å². The molecular weight excluding hydrogens is 208 g/mol. The monoisotopic (exact) mass is 236 g/mol. The molecule has 98 valence electrons. The number of nitrogens with zero attached hydrogens (tertiary/aromatic N) is 1. The fraction of sp³-hybridized carbons (Fsp3) is 1.00. The summed E-state index contributed by atoms with van der Waals surface area (Å²) in [5.41, 5.74) is 0. The topological polar surface area (TPSA) is 15.3 Å². The van der Waals surface area contributed by atoms with Crippen molar-refractivity contribution in [2.75, 3.05) is 13.1 Å². The van der Waals surface area contributed by atoms with Gasteiger partial charge in [-0.05, 0) is 64.3 Å². The highest BCUT2D eigenvalue weighted by Gasteiger charge is 2.43. The summed E-state index contributed by atoms with van der Waals surface area (Å²) in [7, 11) is 0. The van der Waals surface area contributed by atoms with Gasteiger partial charge < -0.3 is 5.32 Å². The number of fused-ring (bicyclic) bond motifs is 2. The fourth-order valence-electron chi connectivity index (χ4n) is 4.51. The van der Waals surface area contributed by atoms with E-state index < -0.39 is 0 Å². The predicted octanol–water partition coefficient (Wildman–Crippen LogP) is 2.64. The van der Waals surface area contributed by atoms with Gasteiger partial charge in [-0.2, -0.15) is 0 Å². The van der Waals surface area contributed by atoms with E-state index in [1.165, 1.54) is 51.6 Å². The Hall–Kier alpha value is -0.0800. The van der Waals surface area contributed by atoms with E-state index in [1.54, 1.807) is 0 Å². The van der Waals surface area contributed by atoms with Crippen LogP contribution in [0.2, 0.25) is 0 Å². The lowest BCUT2D eigenvalue weighted by atomic mass is 9.92. The Kier molecular flexibility index (Phi) is 3.45. The Bertz CT molecular complexity index is 258. The zero-order chi connectivity index (χ0) is 11.8. The van der Waals surface area contributed by atoms with Crippen molar-refractivity contribution in [3.8, 4) is 0 Å².